The van der Waals surface area contributed by atoms with Crippen molar-refractivity contribution in [3.63, 3.8) is 0 Å². The number of aliphatic hydroxyl groups excluding tert-OH is 1. The molecule has 1 N–H and O–H groups in total. The van der Waals surface area contributed by atoms with Crippen LogP contribution >= 0.6 is 0 Å². The zero-order valence-corrected chi connectivity index (χ0v) is 16.0. The topological polar surface area (TPSA) is 67.6 Å². The van der Waals surface area contributed by atoms with Gasteiger partial charge >= 0.3 is 0 Å². The first kappa shape index (κ1) is 18.2. The van der Waals surface area contributed by atoms with Crippen molar-refractivity contribution < 1.29 is 14.6 Å². The van der Waals surface area contributed by atoms with Gasteiger partial charge in [0.05, 0.1) is 31.0 Å². The van der Waals surface area contributed by atoms with Crippen LogP contribution in [0.4, 0.5) is 0 Å². The van der Waals surface area contributed by atoms with Crippen LogP contribution in [0, 0.1) is 19.8 Å². The summed E-state index contributed by atoms with van der Waals surface area (Å²) in [4.78, 5) is 15.1. The summed E-state index contributed by atoms with van der Waals surface area (Å²) in [6.07, 6.45) is 1.71. The minimum absolute atomic E-state index is 0.0535. The first-order valence-corrected chi connectivity index (χ1v) is 9.68. The molecule has 1 saturated heterocycles. The van der Waals surface area contributed by atoms with Crippen molar-refractivity contribution in [3.8, 4) is 0 Å². The van der Waals surface area contributed by atoms with E-state index in [9.17, 15) is 9.90 Å². The largest absolute Gasteiger partial charge is 0.396 e. The molecule has 1 aliphatic heterocycles. The summed E-state index contributed by atoms with van der Waals surface area (Å²) in [5.74, 6) is 0.285. The highest BCUT2D eigenvalue weighted by molar-refractivity contribution is 5.94. The average Bonchev–Trinajstić information content (AvgIpc) is 3.23. The van der Waals surface area contributed by atoms with Crippen molar-refractivity contribution >= 4 is 5.91 Å². The quantitative estimate of drug-likeness (QED) is 0.897. The van der Waals surface area contributed by atoms with Crippen LogP contribution in [0.25, 0.3) is 0 Å². The van der Waals surface area contributed by atoms with Crippen molar-refractivity contribution in [1.82, 2.24) is 14.7 Å². The molecule has 0 radical (unpaired) electrons. The van der Waals surface area contributed by atoms with E-state index in [1.807, 2.05) is 47.7 Å². The molecule has 2 aromatic rings. The molecule has 1 amide bonds. The fourth-order valence-electron chi connectivity index (χ4n) is 4.43. The summed E-state index contributed by atoms with van der Waals surface area (Å²) in [7, 11) is 0. The molecule has 6 heteroatoms. The van der Waals surface area contributed by atoms with E-state index in [2.05, 4.69) is 11.2 Å². The zero-order chi connectivity index (χ0) is 19.0. The summed E-state index contributed by atoms with van der Waals surface area (Å²) in [5, 5.41) is 14.0. The maximum atomic E-state index is 13.2. The van der Waals surface area contributed by atoms with Crippen LogP contribution in [0.1, 0.15) is 40.2 Å². The Hall–Kier alpha value is -2.18. The minimum Gasteiger partial charge on any atom is -0.396 e. The molecule has 0 bridgehead atoms. The molecule has 0 unspecified atom stereocenters. The number of aryl methyl sites for hydroxylation is 2. The van der Waals surface area contributed by atoms with E-state index in [0.717, 1.165) is 29.8 Å². The third kappa shape index (κ3) is 3.64. The Bertz CT molecular complexity index is 832. The Balaban J connectivity index is 1.53. The number of hydrogen-bond acceptors (Lipinski definition) is 4. The fraction of sp³-hybridized carbons (Fsp3) is 0.524. The summed E-state index contributed by atoms with van der Waals surface area (Å²) >= 11 is 0. The highest BCUT2D eigenvalue weighted by Gasteiger charge is 2.42. The molecule has 1 aromatic carbocycles. The normalized spacial score (nSPS) is 24.9. The third-order valence-corrected chi connectivity index (χ3v) is 5.76. The molecule has 1 saturated carbocycles. The number of rotatable bonds is 4. The van der Waals surface area contributed by atoms with Gasteiger partial charge in [-0.1, -0.05) is 12.1 Å². The highest BCUT2D eigenvalue weighted by atomic mass is 16.5. The summed E-state index contributed by atoms with van der Waals surface area (Å²) in [6.45, 7) is 6.02. The first-order valence-electron chi connectivity index (χ1n) is 9.68. The number of aromatic nitrogens is 2. The van der Waals surface area contributed by atoms with Gasteiger partial charge < -0.3 is 14.7 Å². The zero-order valence-electron chi connectivity index (χ0n) is 16.0. The van der Waals surface area contributed by atoms with E-state index in [0.29, 0.717) is 25.3 Å². The van der Waals surface area contributed by atoms with Crippen molar-refractivity contribution in [2.75, 3.05) is 19.8 Å². The number of carbonyl (C=O) groups is 1. The standard InChI is InChI=1S/C21H27N3O3/c1-14-8-15(2)24(22-14)12-16-4-3-5-18(9-16)21(26)23-6-7-27-20-11-17(13-25)10-19(20)23/h3-5,8-9,17,19-20,25H,6-7,10-13H2,1-2H3/t17-,19+,20+/m1/s1. The van der Waals surface area contributed by atoms with E-state index < -0.39 is 0 Å². The van der Waals surface area contributed by atoms with Crippen molar-refractivity contribution in [2.24, 2.45) is 5.92 Å². The van der Waals surface area contributed by atoms with Gasteiger partial charge in [-0.05, 0) is 56.4 Å². The van der Waals surface area contributed by atoms with Gasteiger partial charge in [0.1, 0.15) is 0 Å². The van der Waals surface area contributed by atoms with Crippen LogP contribution in [0.2, 0.25) is 0 Å². The number of morpholine rings is 1. The predicted octanol–water partition coefficient (Wildman–Crippen LogP) is 2.16. The molecule has 0 spiro atoms. The lowest BCUT2D eigenvalue weighted by molar-refractivity contribution is -0.0448. The number of hydrogen-bond donors (Lipinski definition) is 1. The molecule has 4 rings (SSSR count). The molecule has 6 nitrogen and oxygen atoms in total. The number of fused-ring (bicyclic) bond motifs is 1. The second kappa shape index (κ2) is 7.44. The average molecular weight is 369 g/mol. The molecule has 2 aliphatic rings. The van der Waals surface area contributed by atoms with Crippen LogP contribution in [0.5, 0.6) is 0 Å². The number of ether oxygens (including phenoxy) is 1. The van der Waals surface area contributed by atoms with Crippen LogP contribution < -0.4 is 0 Å². The molecule has 2 heterocycles. The molecular formula is C21H27N3O3. The maximum Gasteiger partial charge on any atom is 0.254 e. The number of aliphatic hydroxyl groups is 1. The van der Waals surface area contributed by atoms with E-state index in [-0.39, 0.29) is 30.6 Å². The Morgan fingerprint density at radius 2 is 2.15 bits per heavy atom. The number of benzene rings is 1. The van der Waals surface area contributed by atoms with E-state index in [4.69, 9.17) is 4.74 Å². The Kier molecular flexibility index (Phi) is 5.02. The molecule has 1 aromatic heterocycles. The van der Waals surface area contributed by atoms with Crippen LogP contribution in [-0.4, -0.2) is 57.6 Å². The van der Waals surface area contributed by atoms with Gasteiger partial charge in [0.25, 0.3) is 5.91 Å². The molecule has 2 fully saturated rings. The maximum absolute atomic E-state index is 13.2. The predicted molar refractivity (Wildman–Crippen MR) is 102 cm³/mol. The lowest BCUT2D eigenvalue weighted by Crippen LogP contribution is -2.51. The number of amides is 1. The van der Waals surface area contributed by atoms with Gasteiger partial charge in [-0.2, -0.15) is 5.10 Å². The summed E-state index contributed by atoms with van der Waals surface area (Å²) < 4.78 is 7.82. The fourth-order valence-corrected chi connectivity index (χ4v) is 4.43. The van der Waals surface area contributed by atoms with E-state index in [1.54, 1.807) is 0 Å². The van der Waals surface area contributed by atoms with Gasteiger partial charge in [-0.25, -0.2) is 0 Å². The minimum atomic E-state index is 0.0535. The third-order valence-electron chi connectivity index (χ3n) is 5.76. The van der Waals surface area contributed by atoms with Crippen LogP contribution in [-0.2, 0) is 11.3 Å². The first-order chi connectivity index (χ1) is 13.0. The van der Waals surface area contributed by atoms with Gasteiger partial charge in [0, 0.05) is 24.4 Å². The Morgan fingerprint density at radius 1 is 1.30 bits per heavy atom. The molecule has 1 aliphatic carbocycles. The summed E-state index contributed by atoms with van der Waals surface area (Å²) in [5.41, 5.74) is 3.89. The molecule has 3 atom stereocenters. The Morgan fingerprint density at radius 3 is 2.89 bits per heavy atom. The monoisotopic (exact) mass is 369 g/mol. The lowest BCUT2D eigenvalue weighted by atomic mass is 10.1. The Labute approximate surface area is 159 Å². The van der Waals surface area contributed by atoms with Crippen molar-refractivity contribution in [1.29, 1.82) is 0 Å². The smallest absolute Gasteiger partial charge is 0.254 e. The van der Waals surface area contributed by atoms with E-state index in [1.165, 1.54) is 0 Å². The number of carbonyl (C=O) groups excluding carboxylic acids is 1. The molecule has 27 heavy (non-hydrogen) atoms. The summed E-state index contributed by atoms with van der Waals surface area (Å²) in [6, 6.07) is 9.96. The van der Waals surface area contributed by atoms with Crippen molar-refractivity contribution in [2.45, 2.75) is 45.4 Å². The second-order valence-corrected chi connectivity index (χ2v) is 7.78. The van der Waals surface area contributed by atoms with Crippen LogP contribution in [0.15, 0.2) is 30.3 Å². The molecule has 144 valence electrons. The lowest BCUT2D eigenvalue weighted by Gasteiger charge is -2.37. The highest BCUT2D eigenvalue weighted by Crippen LogP contribution is 2.34. The second-order valence-electron chi connectivity index (χ2n) is 7.78. The van der Waals surface area contributed by atoms with Gasteiger partial charge in [-0.15, -0.1) is 0 Å². The number of nitrogens with zero attached hydrogens (tertiary/aromatic N) is 3. The SMILES string of the molecule is Cc1cc(C)n(Cc2cccc(C(=O)N3CCO[C@H]4C[C@H](CO)C[C@@H]43)c2)n1. The van der Waals surface area contributed by atoms with Gasteiger partial charge in [0.2, 0.25) is 0 Å². The molecular weight excluding hydrogens is 342 g/mol. The van der Waals surface area contributed by atoms with Gasteiger partial charge in [-0.3, -0.25) is 9.48 Å². The van der Waals surface area contributed by atoms with Crippen molar-refractivity contribution in [3.05, 3.63) is 52.8 Å². The van der Waals surface area contributed by atoms with Gasteiger partial charge in [0.15, 0.2) is 0 Å². The van der Waals surface area contributed by atoms with Crippen LogP contribution in [0.3, 0.4) is 0 Å². The van der Waals surface area contributed by atoms with E-state index >= 15 is 0 Å².